The van der Waals surface area contributed by atoms with Gasteiger partial charge in [-0.1, -0.05) is 13.0 Å². The fourth-order valence-corrected chi connectivity index (χ4v) is 1.57. The highest BCUT2D eigenvalue weighted by molar-refractivity contribution is 6.03. The maximum atomic E-state index is 11.3. The molecule has 0 saturated heterocycles. The van der Waals surface area contributed by atoms with E-state index in [4.69, 9.17) is 10.1 Å². The third-order valence-electron chi connectivity index (χ3n) is 2.48. The van der Waals surface area contributed by atoms with Crippen LogP contribution in [0.15, 0.2) is 12.2 Å². The highest BCUT2D eigenvalue weighted by Gasteiger charge is 2.18. The minimum Gasteiger partial charge on any atom is -0.446 e. The molecule has 1 amide bonds. The topological polar surface area (TPSA) is 62.2 Å². The number of carbonyl (C=O) groups excluding carboxylic acids is 1. The first kappa shape index (κ1) is 11.8. The molecule has 1 aliphatic carbocycles. The van der Waals surface area contributed by atoms with Crippen LogP contribution in [0.25, 0.3) is 0 Å². The standard InChI is InChI=1S/C11H18N2O2/c1-8(2)10(12)13-11(14)15-9-6-4-3-5-7-9/h9H,1,3-7H2,2H3,(H2,12,13,14). The highest BCUT2D eigenvalue weighted by atomic mass is 16.6. The predicted molar refractivity (Wildman–Crippen MR) is 59.0 cm³/mol. The summed E-state index contributed by atoms with van der Waals surface area (Å²) in [5.41, 5.74) is 0.524. The highest BCUT2D eigenvalue weighted by Crippen LogP contribution is 2.20. The fraction of sp³-hybridized carbons (Fsp3) is 0.636. The lowest BCUT2D eigenvalue weighted by Crippen LogP contribution is -2.34. The van der Waals surface area contributed by atoms with Crippen molar-refractivity contribution in [2.45, 2.75) is 45.1 Å². The first-order chi connectivity index (χ1) is 7.09. The van der Waals surface area contributed by atoms with Crippen LogP contribution in [0.4, 0.5) is 4.79 Å². The third kappa shape index (κ3) is 4.14. The Morgan fingerprint density at radius 2 is 2.00 bits per heavy atom. The van der Waals surface area contributed by atoms with Gasteiger partial charge in [-0.25, -0.2) is 4.79 Å². The molecule has 0 aromatic carbocycles. The van der Waals surface area contributed by atoms with E-state index in [0.717, 1.165) is 25.7 Å². The van der Waals surface area contributed by atoms with Crippen molar-refractivity contribution in [2.75, 3.05) is 0 Å². The average Bonchev–Trinajstić information content (AvgIpc) is 2.18. The maximum absolute atomic E-state index is 11.3. The van der Waals surface area contributed by atoms with Crippen LogP contribution >= 0.6 is 0 Å². The second kappa shape index (κ2) is 5.53. The van der Waals surface area contributed by atoms with Crippen LogP contribution in [0.1, 0.15) is 39.0 Å². The van der Waals surface area contributed by atoms with Crippen molar-refractivity contribution in [3.8, 4) is 0 Å². The van der Waals surface area contributed by atoms with Crippen molar-refractivity contribution >= 4 is 11.9 Å². The lowest BCUT2D eigenvalue weighted by Gasteiger charge is -2.21. The molecule has 84 valence electrons. The molecule has 0 bridgehead atoms. The number of rotatable bonds is 2. The lowest BCUT2D eigenvalue weighted by molar-refractivity contribution is 0.0791. The van der Waals surface area contributed by atoms with Crippen molar-refractivity contribution in [3.05, 3.63) is 12.2 Å². The number of hydrogen-bond acceptors (Lipinski definition) is 3. The Labute approximate surface area is 90.2 Å². The summed E-state index contributed by atoms with van der Waals surface area (Å²) in [6.07, 6.45) is 4.84. The number of nitrogens with one attached hydrogen (secondary N) is 2. The molecule has 0 unspecified atom stereocenters. The Morgan fingerprint density at radius 3 is 2.53 bits per heavy atom. The largest absolute Gasteiger partial charge is 0.446 e. The second-order valence-corrected chi connectivity index (χ2v) is 3.95. The van der Waals surface area contributed by atoms with E-state index in [-0.39, 0.29) is 11.9 Å². The van der Waals surface area contributed by atoms with Crippen molar-refractivity contribution in [1.29, 1.82) is 5.41 Å². The molecular weight excluding hydrogens is 192 g/mol. The molecule has 0 aromatic heterocycles. The van der Waals surface area contributed by atoms with Crippen LogP contribution < -0.4 is 5.32 Å². The molecule has 0 aromatic rings. The monoisotopic (exact) mass is 210 g/mol. The number of ether oxygens (including phenoxy) is 1. The van der Waals surface area contributed by atoms with E-state index >= 15 is 0 Å². The Morgan fingerprint density at radius 1 is 1.40 bits per heavy atom. The normalized spacial score (nSPS) is 16.9. The lowest BCUT2D eigenvalue weighted by atomic mass is 9.98. The van der Waals surface area contributed by atoms with Crippen LogP contribution in [0.2, 0.25) is 0 Å². The minimum atomic E-state index is -0.532. The molecule has 1 aliphatic rings. The summed E-state index contributed by atoms with van der Waals surface area (Å²) in [4.78, 5) is 11.3. The summed E-state index contributed by atoms with van der Waals surface area (Å²) in [6, 6.07) is 0. The molecule has 1 fully saturated rings. The van der Waals surface area contributed by atoms with Crippen LogP contribution in [-0.2, 0) is 4.74 Å². The molecule has 0 radical (unpaired) electrons. The summed E-state index contributed by atoms with van der Waals surface area (Å²) in [7, 11) is 0. The van der Waals surface area contributed by atoms with Gasteiger partial charge < -0.3 is 4.74 Å². The Hall–Kier alpha value is -1.32. The van der Waals surface area contributed by atoms with Crippen molar-refractivity contribution < 1.29 is 9.53 Å². The minimum absolute atomic E-state index is 0.0239. The van der Waals surface area contributed by atoms with Crippen molar-refractivity contribution in [2.24, 2.45) is 0 Å². The van der Waals surface area contributed by atoms with Crippen LogP contribution in [-0.4, -0.2) is 18.0 Å². The van der Waals surface area contributed by atoms with E-state index in [1.54, 1.807) is 6.92 Å². The Bertz CT molecular complexity index is 268. The summed E-state index contributed by atoms with van der Waals surface area (Å²) < 4.78 is 5.18. The predicted octanol–water partition coefficient (Wildman–Crippen LogP) is 2.60. The van der Waals surface area contributed by atoms with Crippen molar-refractivity contribution in [1.82, 2.24) is 5.32 Å². The van der Waals surface area contributed by atoms with Gasteiger partial charge in [0.25, 0.3) is 0 Å². The van der Waals surface area contributed by atoms with Gasteiger partial charge in [-0.05, 0) is 38.2 Å². The summed E-state index contributed by atoms with van der Waals surface area (Å²) >= 11 is 0. The number of amidine groups is 1. The SMILES string of the molecule is C=C(C)C(=N)NC(=O)OC1CCCCC1. The molecule has 4 nitrogen and oxygen atoms in total. The Balaban J connectivity index is 2.28. The summed E-state index contributed by atoms with van der Waals surface area (Å²) in [5.74, 6) is 0.0239. The summed E-state index contributed by atoms with van der Waals surface area (Å²) in [6.45, 7) is 5.23. The number of hydrogen-bond donors (Lipinski definition) is 2. The molecule has 1 rings (SSSR count). The van der Waals surface area contributed by atoms with Crippen molar-refractivity contribution in [3.63, 3.8) is 0 Å². The van der Waals surface area contributed by atoms with E-state index in [1.807, 2.05) is 0 Å². The summed E-state index contributed by atoms with van der Waals surface area (Å²) in [5, 5.41) is 9.73. The van der Waals surface area contributed by atoms with Gasteiger partial charge in [-0.15, -0.1) is 0 Å². The van der Waals surface area contributed by atoms with Gasteiger partial charge in [0.15, 0.2) is 0 Å². The average molecular weight is 210 g/mol. The van der Waals surface area contributed by atoms with Crippen LogP contribution in [0, 0.1) is 5.41 Å². The quantitative estimate of drug-likeness (QED) is 0.543. The third-order valence-corrected chi connectivity index (χ3v) is 2.48. The first-order valence-electron chi connectivity index (χ1n) is 5.31. The number of amides is 1. The van der Waals surface area contributed by atoms with Crippen LogP contribution in [0.5, 0.6) is 0 Å². The zero-order valence-corrected chi connectivity index (χ0v) is 9.14. The molecular formula is C11H18N2O2. The van der Waals surface area contributed by atoms with E-state index < -0.39 is 6.09 Å². The smallest absolute Gasteiger partial charge is 0.413 e. The van der Waals surface area contributed by atoms with Gasteiger partial charge in [-0.2, -0.15) is 0 Å². The van der Waals surface area contributed by atoms with E-state index in [1.165, 1.54) is 6.42 Å². The van der Waals surface area contributed by atoms with Gasteiger partial charge in [0.05, 0.1) is 0 Å². The molecule has 2 N–H and O–H groups in total. The molecule has 0 atom stereocenters. The van der Waals surface area contributed by atoms with Crippen LogP contribution in [0.3, 0.4) is 0 Å². The Kier molecular flexibility index (Phi) is 4.34. The maximum Gasteiger partial charge on any atom is 0.413 e. The molecule has 0 aliphatic heterocycles. The van der Waals surface area contributed by atoms with Gasteiger partial charge in [0.1, 0.15) is 11.9 Å². The number of alkyl carbamates (subject to hydrolysis) is 1. The van der Waals surface area contributed by atoms with Gasteiger partial charge in [0.2, 0.25) is 0 Å². The molecule has 0 heterocycles. The number of carbonyl (C=O) groups is 1. The van der Waals surface area contributed by atoms with Gasteiger partial charge >= 0.3 is 6.09 Å². The van der Waals surface area contributed by atoms with E-state index in [0.29, 0.717) is 5.57 Å². The molecule has 1 saturated carbocycles. The zero-order valence-electron chi connectivity index (χ0n) is 9.14. The van der Waals surface area contributed by atoms with E-state index in [2.05, 4.69) is 11.9 Å². The second-order valence-electron chi connectivity index (χ2n) is 3.95. The first-order valence-corrected chi connectivity index (χ1v) is 5.31. The molecule has 4 heteroatoms. The van der Waals surface area contributed by atoms with Gasteiger partial charge in [-0.3, -0.25) is 10.7 Å². The van der Waals surface area contributed by atoms with E-state index in [9.17, 15) is 4.79 Å². The zero-order chi connectivity index (χ0) is 11.3. The molecule has 15 heavy (non-hydrogen) atoms. The molecule has 0 spiro atoms. The fourth-order valence-electron chi connectivity index (χ4n) is 1.57. The van der Waals surface area contributed by atoms with Gasteiger partial charge in [0, 0.05) is 0 Å².